The van der Waals surface area contributed by atoms with Gasteiger partial charge in [0, 0.05) is 24.7 Å². The number of nitrogens with one attached hydrogen (secondary N) is 1. The number of rotatable bonds is 2. The zero-order valence-corrected chi connectivity index (χ0v) is 14.4. The molecule has 1 aromatic carbocycles. The van der Waals surface area contributed by atoms with E-state index in [1.54, 1.807) is 4.90 Å². The van der Waals surface area contributed by atoms with Crippen molar-refractivity contribution in [2.45, 2.75) is 52.2 Å². The second-order valence-corrected chi connectivity index (χ2v) is 7.05. The zero-order chi connectivity index (χ0) is 17.0. The number of carbonyl (C=O) groups is 2. The van der Waals surface area contributed by atoms with Crippen LogP contribution in [-0.2, 0) is 4.74 Å². The molecule has 0 radical (unpaired) electrons. The van der Waals surface area contributed by atoms with Crippen molar-refractivity contribution in [3.8, 4) is 0 Å². The molecule has 0 unspecified atom stereocenters. The average Bonchev–Trinajstić information content (AvgIpc) is 2.46. The van der Waals surface area contributed by atoms with E-state index in [0.717, 1.165) is 18.4 Å². The Bertz CT molecular complexity index is 578. The number of hydrogen-bond donors (Lipinski definition) is 1. The summed E-state index contributed by atoms with van der Waals surface area (Å²) in [7, 11) is 0. The molecule has 5 nitrogen and oxygen atoms in total. The molecule has 0 bridgehead atoms. The van der Waals surface area contributed by atoms with Crippen LogP contribution in [0.25, 0.3) is 0 Å². The summed E-state index contributed by atoms with van der Waals surface area (Å²) in [5.41, 5.74) is 1.13. The Morgan fingerprint density at radius 3 is 2.61 bits per heavy atom. The zero-order valence-electron chi connectivity index (χ0n) is 14.4. The van der Waals surface area contributed by atoms with Gasteiger partial charge in [-0.05, 0) is 52.2 Å². The molecule has 1 heterocycles. The first-order valence-electron chi connectivity index (χ1n) is 8.11. The molecule has 0 spiro atoms. The highest BCUT2D eigenvalue weighted by Crippen LogP contribution is 2.16. The van der Waals surface area contributed by atoms with Crippen molar-refractivity contribution in [3.63, 3.8) is 0 Å². The Morgan fingerprint density at radius 2 is 1.96 bits per heavy atom. The molecule has 1 saturated heterocycles. The summed E-state index contributed by atoms with van der Waals surface area (Å²) in [4.78, 5) is 26.2. The number of aryl methyl sites for hydroxylation is 1. The summed E-state index contributed by atoms with van der Waals surface area (Å²) < 4.78 is 5.41. The van der Waals surface area contributed by atoms with E-state index in [0.29, 0.717) is 18.7 Å². The van der Waals surface area contributed by atoms with Crippen LogP contribution in [0, 0.1) is 6.92 Å². The smallest absolute Gasteiger partial charge is 0.410 e. The second-order valence-electron chi connectivity index (χ2n) is 7.05. The van der Waals surface area contributed by atoms with E-state index >= 15 is 0 Å². The van der Waals surface area contributed by atoms with Crippen molar-refractivity contribution in [2.24, 2.45) is 0 Å². The van der Waals surface area contributed by atoms with Gasteiger partial charge >= 0.3 is 6.09 Å². The van der Waals surface area contributed by atoms with Crippen molar-refractivity contribution in [1.82, 2.24) is 10.2 Å². The average molecular weight is 318 g/mol. The Hall–Kier alpha value is -2.04. The lowest BCUT2D eigenvalue weighted by Gasteiger charge is -2.34. The maximum absolute atomic E-state index is 12.4. The molecule has 5 heteroatoms. The first-order valence-corrected chi connectivity index (χ1v) is 8.11. The van der Waals surface area contributed by atoms with Crippen LogP contribution >= 0.6 is 0 Å². The normalized spacial score (nSPS) is 18.4. The quantitative estimate of drug-likeness (QED) is 0.911. The summed E-state index contributed by atoms with van der Waals surface area (Å²) in [6, 6.07) is 7.47. The van der Waals surface area contributed by atoms with E-state index in [2.05, 4.69) is 5.32 Å². The minimum absolute atomic E-state index is 0.0385. The Balaban J connectivity index is 1.95. The van der Waals surface area contributed by atoms with Crippen molar-refractivity contribution in [1.29, 1.82) is 0 Å². The lowest BCUT2D eigenvalue weighted by molar-refractivity contribution is 0.0185. The van der Waals surface area contributed by atoms with Crippen LogP contribution in [-0.4, -0.2) is 41.6 Å². The van der Waals surface area contributed by atoms with E-state index in [9.17, 15) is 9.59 Å². The van der Waals surface area contributed by atoms with Gasteiger partial charge in [0.05, 0.1) is 0 Å². The minimum Gasteiger partial charge on any atom is -0.444 e. The van der Waals surface area contributed by atoms with Gasteiger partial charge in [0.25, 0.3) is 5.91 Å². The molecule has 1 atom stereocenters. The highest BCUT2D eigenvalue weighted by molar-refractivity contribution is 5.95. The third kappa shape index (κ3) is 4.98. The molecule has 1 fully saturated rings. The van der Waals surface area contributed by atoms with Crippen LogP contribution in [0.3, 0.4) is 0 Å². The maximum atomic E-state index is 12.4. The standard InChI is InChI=1S/C18H26N2O3/c1-13-8-5-6-10-15(13)16(21)19-14-9-7-11-20(12-14)17(22)23-18(2,3)4/h5-6,8,10,14H,7,9,11-12H2,1-4H3,(H,19,21)/t14-/m1/s1. The number of likely N-dealkylation sites (tertiary alicyclic amines) is 1. The van der Waals surface area contributed by atoms with E-state index in [-0.39, 0.29) is 18.0 Å². The molecule has 2 rings (SSSR count). The van der Waals surface area contributed by atoms with E-state index < -0.39 is 5.60 Å². The van der Waals surface area contributed by atoms with E-state index in [4.69, 9.17) is 4.74 Å². The molecule has 23 heavy (non-hydrogen) atoms. The fourth-order valence-electron chi connectivity index (χ4n) is 2.68. The highest BCUT2D eigenvalue weighted by atomic mass is 16.6. The van der Waals surface area contributed by atoms with Crippen LogP contribution in [0.15, 0.2) is 24.3 Å². The molecular weight excluding hydrogens is 292 g/mol. The minimum atomic E-state index is -0.506. The lowest BCUT2D eigenvalue weighted by atomic mass is 10.0. The Labute approximate surface area is 138 Å². The predicted octanol–water partition coefficient (Wildman–Crippen LogP) is 3.12. The van der Waals surface area contributed by atoms with Crippen LogP contribution in [0.5, 0.6) is 0 Å². The van der Waals surface area contributed by atoms with Crippen molar-refractivity contribution in [2.75, 3.05) is 13.1 Å². The molecule has 1 aromatic rings. The monoisotopic (exact) mass is 318 g/mol. The molecule has 2 amide bonds. The number of amides is 2. The predicted molar refractivity (Wildman–Crippen MR) is 89.5 cm³/mol. The van der Waals surface area contributed by atoms with Crippen molar-refractivity contribution >= 4 is 12.0 Å². The molecule has 1 aliphatic rings. The van der Waals surface area contributed by atoms with Gasteiger partial charge in [-0.3, -0.25) is 4.79 Å². The van der Waals surface area contributed by atoms with Gasteiger partial charge in [-0.2, -0.15) is 0 Å². The summed E-state index contributed by atoms with van der Waals surface area (Å²) in [6.07, 6.45) is 1.42. The van der Waals surface area contributed by atoms with E-state index in [1.165, 1.54) is 0 Å². The van der Waals surface area contributed by atoms with Gasteiger partial charge in [0.15, 0.2) is 0 Å². The number of nitrogens with zero attached hydrogens (tertiary/aromatic N) is 1. The first kappa shape index (κ1) is 17.3. The first-order chi connectivity index (χ1) is 10.8. The molecule has 126 valence electrons. The maximum Gasteiger partial charge on any atom is 0.410 e. The highest BCUT2D eigenvalue weighted by Gasteiger charge is 2.28. The third-order valence-corrected chi connectivity index (χ3v) is 3.80. The summed E-state index contributed by atoms with van der Waals surface area (Å²) in [5, 5.41) is 3.04. The topological polar surface area (TPSA) is 58.6 Å². The molecule has 1 N–H and O–H groups in total. The summed E-state index contributed by atoms with van der Waals surface area (Å²) in [6.45, 7) is 8.64. The van der Waals surface area contributed by atoms with Crippen LogP contribution in [0.2, 0.25) is 0 Å². The van der Waals surface area contributed by atoms with Gasteiger partial charge in [-0.1, -0.05) is 18.2 Å². The Kier molecular flexibility index (Phi) is 5.29. The lowest BCUT2D eigenvalue weighted by Crippen LogP contribution is -2.50. The number of carbonyl (C=O) groups excluding carboxylic acids is 2. The molecule has 0 saturated carbocycles. The van der Waals surface area contributed by atoms with Crippen molar-refractivity contribution in [3.05, 3.63) is 35.4 Å². The summed E-state index contributed by atoms with van der Waals surface area (Å²) in [5.74, 6) is -0.0841. The second kappa shape index (κ2) is 7.02. The molecule has 1 aliphatic heterocycles. The molecule has 0 aromatic heterocycles. The van der Waals surface area contributed by atoms with Crippen LogP contribution in [0.1, 0.15) is 49.5 Å². The van der Waals surface area contributed by atoms with E-state index in [1.807, 2.05) is 52.0 Å². The Morgan fingerprint density at radius 1 is 1.26 bits per heavy atom. The fourth-order valence-corrected chi connectivity index (χ4v) is 2.68. The summed E-state index contributed by atoms with van der Waals surface area (Å²) >= 11 is 0. The number of benzene rings is 1. The third-order valence-electron chi connectivity index (χ3n) is 3.80. The van der Waals surface area contributed by atoms with Gasteiger partial charge in [-0.25, -0.2) is 4.79 Å². The fraction of sp³-hybridized carbons (Fsp3) is 0.556. The number of hydrogen-bond acceptors (Lipinski definition) is 3. The van der Waals surface area contributed by atoms with Gasteiger partial charge in [0.1, 0.15) is 5.60 Å². The molecular formula is C18H26N2O3. The number of ether oxygens (including phenoxy) is 1. The number of piperidine rings is 1. The van der Waals surface area contributed by atoms with Gasteiger partial charge < -0.3 is 15.0 Å². The van der Waals surface area contributed by atoms with Crippen LogP contribution < -0.4 is 5.32 Å². The largest absolute Gasteiger partial charge is 0.444 e. The van der Waals surface area contributed by atoms with Crippen LogP contribution in [0.4, 0.5) is 4.79 Å². The van der Waals surface area contributed by atoms with Gasteiger partial charge in [-0.15, -0.1) is 0 Å². The van der Waals surface area contributed by atoms with Gasteiger partial charge in [0.2, 0.25) is 0 Å². The SMILES string of the molecule is Cc1ccccc1C(=O)N[C@@H]1CCCN(C(=O)OC(C)(C)C)C1. The van der Waals surface area contributed by atoms with Crippen molar-refractivity contribution < 1.29 is 14.3 Å². The molecule has 0 aliphatic carbocycles.